The van der Waals surface area contributed by atoms with Crippen LogP contribution in [-0.4, -0.2) is 25.3 Å². The maximum Gasteiger partial charge on any atom is 0.244 e. The molecule has 3 nitrogen and oxygen atoms in total. The molecule has 1 saturated heterocycles. The molecule has 3 rings (SSSR count). The molecule has 6 heteroatoms. The van der Waals surface area contributed by atoms with Crippen molar-refractivity contribution < 1.29 is 8.42 Å². The van der Waals surface area contributed by atoms with E-state index in [1.807, 2.05) is 6.07 Å². The highest BCUT2D eigenvalue weighted by Crippen LogP contribution is 2.54. The lowest BCUT2D eigenvalue weighted by Gasteiger charge is -2.39. The zero-order chi connectivity index (χ0) is 16.3. The van der Waals surface area contributed by atoms with Gasteiger partial charge in [0.05, 0.1) is 4.90 Å². The summed E-state index contributed by atoms with van der Waals surface area (Å²) >= 11 is 6.77. The summed E-state index contributed by atoms with van der Waals surface area (Å²) in [6.45, 7) is 7.36. The van der Waals surface area contributed by atoms with Crippen LogP contribution < -0.4 is 0 Å². The van der Waals surface area contributed by atoms with Crippen molar-refractivity contribution in [1.29, 1.82) is 0 Å². The number of sulfonamides is 1. The second-order valence-electron chi connectivity index (χ2n) is 7.84. The molecule has 2 aliphatic rings. The van der Waals surface area contributed by atoms with Crippen LogP contribution >= 0.6 is 31.9 Å². The first kappa shape index (κ1) is 16.9. The summed E-state index contributed by atoms with van der Waals surface area (Å²) in [4.78, 5) is 0.357. The number of nitrogens with zero attached hydrogens (tertiary/aromatic N) is 1. The number of halogens is 2. The van der Waals surface area contributed by atoms with Gasteiger partial charge in [-0.15, -0.1) is 0 Å². The third-order valence-electron chi connectivity index (χ3n) is 4.85. The van der Waals surface area contributed by atoms with Crippen molar-refractivity contribution in [2.45, 2.75) is 51.0 Å². The molecular formula is C16H21Br2NO2S. The molecule has 1 saturated carbocycles. The summed E-state index contributed by atoms with van der Waals surface area (Å²) in [5, 5.41) is 0. The van der Waals surface area contributed by atoms with E-state index in [2.05, 4.69) is 52.6 Å². The molecular weight excluding hydrogens is 430 g/mol. The van der Waals surface area contributed by atoms with Gasteiger partial charge in [0.15, 0.2) is 0 Å². The van der Waals surface area contributed by atoms with Crippen LogP contribution in [0.5, 0.6) is 0 Å². The molecule has 0 spiro atoms. The smallest absolute Gasteiger partial charge is 0.207 e. The summed E-state index contributed by atoms with van der Waals surface area (Å²) < 4.78 is 29.5. The van der Waals surface area contributed by atoms with Crippen LogP contribution in [0.3, 0.4) is 0 Å². The first-order valence-corrected chi connectivity index (χ1v) is 10.5. The lowest BCUT2D eigenvalue weighted by molar-refractivity contribution is 0.133. The van der Waals surface area contributed by atoms with Gasteiger partial charge in [-0.25, -0.2) is 8.42 Å². The SMILES string of the molecule is CC1(C)C[C@@H]2C[C@](C)(CN2S(=O)(=O)c2cc(Br)ccc2Br)C1. The van der Waals surface area contributed by atoms with Crippen molar-refractivity contribution in [1.82, 2.24) is 4.31 Å². The van der Waals surface area contributed by atoms with Gasteiger partial charge in [0.1, 0.15) is 0 Å². The minimum absolute atomic E-state index is 0.0952. The summed E-state index contributed by atoms with van der Waals surface area (Å²) in [6, 6.07) is 5.43. The van der Waals surface area contributed by atoms with Crippen molar-refractivity contribution in [3.8, 4) is 0 Å². The number of hydrogen-bond acceptors (Lipinski definition) is 2. The van der Waals surface area contributed by atoms with Gasteiger partial charge >= 0.3 is 0 Å². The van der Waals surface area contributed by atoms with Crippen molar-refractivity contribution in [3.05, 3.63) is 27.1 Å². The summed E-state index contributed by atoms with van der Waals surface area (Å²) in [5.74, 6) is 0. The summed E-state index contributed by atoms with van der Waals surface area (Å²) in [6.07, 6.45) is 3.00. The minimum atomic E-state index is -3.48. The molecule has 2 bridgehead atoms. The molecule has 1 heterocycles. The van der Waals surface area contributed by atoms with Gasteiger partial charge in [0, 0.05) is 21.5 Å². The Morgan fingerprint density at radius 3 is 2.55 bits per heavy atom. The van der Waals surface area contributed by atoms with Crippen LogP contribution in [-0.2, 0) is 10.0 Å². The predicted octanol–water partition coefficient (Wildman–Crippen LogP) is 4.80. The molecule has 1 aliphatic carbocycles. The van der Waals surface area contributed by atoms with E-state index >= 15 is 0 Å². The maximum atomic E-state index is 13.2. The standard InChI is InChI=1S/C16H21Br2NO2S/c1-15(2)7-12-8-16(3,9-15)10-19(12)22(20,21)14-6-11(17)4-5-13(14)18/h4-6,12H,7-10H2,1-3H3/t12-,16+/m1/s1. The Labute approximate surface area is 149 Å². The lowest BCUT2D eigenvalue weighted by Crippen LogP contribution is -2.37. The van der Waals surface area contributed by atoms with E-state index in [1.54, 1.807) is 16.4 Å². The highest BCUT2D eigenvalue weighted by molar-refractivity contribution is 9.11. The summed E-state index contributed by atoms with van der Waals surface area (Å²) in [5.41, 5.74) is 0.300. The van der Waals surface area contributed by atoms with Crippen molar-refractivity contribution >= 4 is 41.9 Å². The van der Waals surface area contributed by atoms with Crippen molar-refractivity contribution in [2.24, 2.45) is 10.8 Å². The molecule has 1 aromatic carbocycles. The zero-order valence-electron chi connectivity index (χ0n) is 13.1. The van der Waals surface area contributed by atoms with Crippen molar-refractivity contribution in [3.63, 3.8) is 0 Å². The largest absolute Gasteiger partial charge is 0.244 e. The molecule has 0 N–H and O–H groups in total. The Kier molecular flexibility index (Phi) is 4.08. The second kappa shape index (κ2) is 5.30. The third kappa shape index (κ3) is 2.92. The molecule has 1 aliphatic heterocycles. The monoisotopic (exact) mass is 449 g/mol. The Hall–Kier alpha value is 0.0900. The fourth-order valence-corrected chi connectivity index (χ4v) is 7.73. The van der Waals surface area contributed by atoms with E-state index in [0.29, 0.717) is 15.9 Å². The first-order valence-electron chi connectivity index (χ1n) is 7.49. The Morgan fingerprint density at radius 2 is 1.86 bits per heavy atom. The molecule has 0 radical (unpaired) electrons. The first-order chi connectivity index (χ1) is 10.0. The lowest BCUT2D eigenvalue weighted by atomic mass is 9.65. The molecule has 122 valence electrons. The fourth-order valence-electron chi connectivity index (χ4n) is 4.49. The van der Waals surface area contributed by atoms with E-state index < -0.39 is 10.0 Å². The predicted molar refractivity (Wildman–Crippen MR) is 95.3 cm³/mol. The van der Waals surface area contributed by atoms with Crippen molar-refractivity contribution in [2.75, 3.05) is 6.54 Å². The minimum Gasteiger partial charge on any atom is -0.207 e. The van der Waals surface area contributed by atoms with Crippen LogP contribution in [0.2, 0.25) is 0 Å². The molecule has 1 aromatic rings. The maximum absolute atomic E-state index is 13.2. The van der Waals surface area contributed by atoms with Crippen LogP contribution in [0.25, 0.3) is 0 Å². The highest BCUT2D eigenvalue weighted by atomic mass is 79.9. The van der Waals surface area contributed by atoms with Gasteiger partial charge in [-0.2, -0.15) is 4.31 Å². The van der Waals surface area contributed by atoms with E-state index in [0.717, 1.165) is 23.7 Å². The quantitative estimate of drug-likeness (QED) is 0.648. The molecule has 22 heavy (non-hydrogen) atoms. The van der Waals surface area contributed by atoms with E-state index in [9.17, 15) is 8.42 Å². The van der Waals surface area contributed by atoms with E-state index in [1.165, 1.54) is 0 Å². The molecule has 0 amide bonds. The van der Waals surface area contributed by atoms with Crippen LogP contribution in [0.15, 0.2) is 32.0 Å². The molecule has 2 atom stereocenters. The van der Waals surface area contributed by atoms with Gasteiger partial charge in [0.2, 0.25) is 10.0 Å². The third-order valence-corrected chi connectivity index (χ3v) is 8.23. The Bertz CT molecular complexity index is 717. The molecule has 2 fully saturated rings. The number of benzene rings is 1. The number of hydrogen-bond donors (Lipinski definition) is 0. The summed E-state index contributed by atoms with van der Waals surface area (Å²) in [7, 11) is -3.48. The Balaban J connectivity index is 2.02. The van der Waals surface area contributed by atoms with Crippen LogP contribution in [0.1, 0.15) is 40.0 Å². The van der Waals surface area contributed by atoms with E-state index in [-0.39, 0.29) is 16.9 Å². The van der Waals surface area contributed by atoms with Gasteiger partial charge < -0.3 is 0 Å². The fraction of sp³-hybridized carbons (Fsp3) is 0.625. The molecule has 0 unspecified atom stereocenters. The average molecular weight is 451 g/mol. The van der Waals surface area contributed by atoms with Gasteiger partial charge in [0.25, 0.3) is 0 Å². The second-order valence-corrected chi connectivity index (χ2v) is 11.5. The number of fused-ring (bicyclic) bond motifs is 2. The van der Waals surface area contributed by atoms with Gasteiger partial charge in [-0.05, 0) is 64.2 Å². The van der Waals surface area contributed by atoms with Crippen LogP contribution in [0, 0.1) is 10.8 Å². The average Bonchev–Trinajstić information content (AvgIpc) is 2.62. The van der Waals surface area contributed by atoms with Crippen LogP contribution in [0.4, 0.5) is 0 Å². The topological polar surface area (TPSA) is 37.4 Å². The zero-order valence-corrected chi connectivity index (χ0v) is 17.1. The molecule has 0 aromatic heterocycles. The van der Waals surface area contributed by atoms with Gasteiger partial charge in [-0.3, -0.25) is 0 Å². The normalized spacial score (nSPS) is 31.4. The number of rotatable bonds is 2. The van der Waals surface area contributed by atoms with Gasteiger partial charge in [-0.1, -0.05) is 36.7 Å². The highest BCUT2D eigenvalue weighted by Gasteiger charge is 2.53. The van der Waals surface area contributed by atoms with E-state index in [4.69, 9.17) is 0 Å². The Morgan fingerprint density at radius 1 is 1.18 bits per heavy atom.